The first-order valence-corrected chi connectivity index (χ1v) is 7.71. The third kappa shape index (κ3) is 3.22. The minimum absolute atomic E-state index is 0.123. The number of furan rings is 1. The number of nitroso groups, excluding NO2 is 1. The van der Waals surface area contributed by atoms with Crippen molar-refractivity contribution in [2.75, 3.05) is 7.05 Å². The summed E-state index contributed by atoms with van der Waals surface area (Å²) in [5, 5.41) is 2.82. The molecule has 1 aromatic heterocycles. The lowest BCUT2D eigenvalue weighted by molar-refractivity contribution is 0.591. The van der Waals surface area contributed by atoms with Gasteiger partial charge in [-0.3, -0.25) is 0 Å². The summed E-state index contributed by atoms with van der Waals surface area (Å²) in [4.78, 5) is 10.5. The molecule has 0 radical (unpaired) electrons. The Morgan fingerprint density at radius 3 is 2.67 bits per heavy atom. The van der Waals surface area contributed by atoms with Crippen molar-refractivity contribution in [2.24, 2.45) is 10.9 Å². The normalized spacial score (nSPS) is 13.8. The number of terminal acetylenes is 1. The van der Waals surface area contributed by atoms with Crippen molar-refractivity contribution < 1.29 is 4.42 Å². The molecular formula is C20H20N2O2. The van der Waals surface area contributed by atoms with Gasteiger partial charge in [0.05, 0.1) is 0 Å². The predicted octanol–water partition coefficient (Wildman–Crippen LogP) is 4.83. The Labute approximate surface area is 142 Å². The van der Waals surface area contributed by atoms with E-state index in [1.807, 2.05) is 0 Å². The number of rotatable bonds is 2. The zero-order valence-corrected chi connectivity index (χ0v) is 13.7. The van der Waals surface area contributed by atoms with Crippen molar-refractivity contribution in [1.82, 2.24) is 0 Å². The molecule has 0 saturated heterocycles. The number of allylic oxidation sites excluding steroid dienone is 4. The lowest BCUT2D eigenvalue weighted by Gasteiger charge is -2.08. The largest absolute Gasteiger partial charge is 0.436 e. The maximum absolute atomic E-state index is 10.5. The molecule has 1 aromatic carbocycles. The van der Waals surface area contributed by atoms with Crippen LogP contribution in [0.4, 0.5) is 5.88 Å². The summed E-state index contributed by atoms with van der Waals surface area (Å²) in [5.74, 6) is 0.814. The molecule has 0 saturated carbocycles. The molecule has 0 atom stereocenters. The van der Waals surface area contributed by atoms with Crippen LogP contribution in [-0.2, 0) is 6.42 Å². The number of nitrogens with two attached hydrogens (primary N) is 1. The van der Waals surface area contributed by atoms with Crippen LogP contribution in [0.1, 0.15) is 24.0 Å². The van der Waals surface area contributed by atoms with Crippen LogP contribution < -0.4 is 5.73 Å². The molecule has 0 spiro atoms. The fourth-order valence-electron chi connectivity index (χ4n) is 3.07. The van der Waals surface area contributed by atoms with Crippen molar-refractivity contribution in [3.63, 3.8) is 0 Å². The highest BCUT2D eigenvalue weighted by atomic mass is 16.4. The quantitative estimate of drug-likeness (QED) is 0.636. The van der Waals surface area contributed by atoms with Gasteiger partial charge in [0.2, 0.25) is 0 Å². The molecule has 24 heavy (non-hydrogen) atoms. The number of fused-ring (bicyclic) bond motifs is 2. The van der Waals surface area contributed by atoms with Gasteiger partial charge in [-0.25, -0.2) is 0 Å². The topological polar surface area (TPSA) is 68.6 Å². The van der Waals surface area contributed by atoms with Gasteiger partial charge in [-0.15, -0.1) is 17.8 Å². The van der Waals surface area contributed by atoms with E-state index in [1.54, 1.807) is 12.1 Å². The average Bonchev–Trinajstić information content (AvgIpc) is 3.29. The molecule has 4 rings (SSSR count). The Morgan fingerprint density at radius 2 is 1.96 bits per heavy atom. The Kier molecular flexibility index (Phi) is 5.89. The van der Waals surface area contributed by atoms with Gasteiger partial charge in [-0.2, -0.15) is 0 Å². The Hall–Kier alpha value is -2.90. The third-order valence-corrected chi connectivity index (χ3v) is 4.05. The van der Waals surface area contributed by atoms with E-state index in [2.05, 4.69) is 54.1 Å². The molecule has 0 fully saturated rings. The van der Waals surface area contributed by atoms with E-state index in [-0.39, 0.29) is 5.88 Å². The van der Waals surface area contributed by atoms with Crippen LogP contribution in [0.2, 0.25) is 0 Å². The van der Waals surface area contributed by atoms with Crippen LogP contribution in [0.15, 0.2) is 57.7 Å². The zero-order valence-electron chi connectivity index (χ0n) is 13.7. The fraction of sp³-hybridized carbons (Fsp3) is 0.200. The first kappa shape index (κ1) is 17.5. The lowest BCUT2D eigenvalue weighted by Crippen LogP contribution is -1.88. The summed E-state index contributed by atoms with van der Waals surface area (Å²) in [6.07, 6.45) is 15.8. The van der Waals surface area contributed by atoms with E-state index in [0.717, 1.165) is 24.8 Å². The van der Waals surface area contributed by atoms with E-state index in [0.29, 0.717) is 5.76 Å². The number of hydrogen-bond acceptors (Lipinski definition) is 4. The van der Waals surface area contributed by atoms with Crippen LogP contribution in [0, 0.1) is 17.8 Å². The third-order valence-electron chi connectivity index (χ3n) is 4.05. The number of hydrogen-bond donors (Lipinski definition) is 1. The minimum Gasteiger partial charge on any atom is -0.436 e. The minimum atomic E-state index is 0.123. The summed E-state index contributed by atoms with van der Waals surface area (Å²) in [7, 11) is 1.50. The molecule has 0 aliphatic heterocycles. The summed E-state index contributed by atoms with van der Waals surface area (Å²) in [6.45, 7) is 0. The molecule has 4 heteroatoms. The summed E-state index contributed by atoms with van der Waals surface area (Å²) < 4.78 is 5.40. The first-order chi connectivity index (χ1) is 11.8. The average molecular weight is 320 g/mol. The van der Waals surface area contributed by atoms with Crippen molar-refractivity contribution in [3.8, 4) is 24.2 Å². The first-order valence-electron chi connectivity index (χ1n) is 7.71. The second kappa shape index (κ2) is 8.09. The fourth-order valence-corrected chi connectivity index (χ4v) is 3.07. The van der Waals surface area contributed by atoms with Gasteiger partial charge in [0.1, 0.15) is 5.76 Å². The van der Waals surface area contributed by atoms with Crippen LogP contribution in [0.25, 0.3) is 16.9 Å². The maximum atomic E-state index is 10.5. The van der Waals surface area contributed by atoms with Crippen LogP contribution in [0.3, 0.4) is 0 Å². The van der Waals surface area contributed by atoms with Crippen molar-refractivity contribution in [1.29, 1.82) is 0 Å². The molecule has 4 nitrogen and oxygen atoms in total. The standard InChI is InChI=1S/C17H13NO2.C2H2.CH5N/c19-18-17-8-7-16(20-17)13-6-5-12-9-11-3-1-2-4-14(11)15(12)10-13;2*1-2/h2,4-8,10H,1,3,9H2;1-2H;2H2,1H3. The van der Waals surface area contributed by atoms with Crippen molar-refractivity contribution in [2.45, 2.75) is 19.3 Å². The Bertz CT molecular complexity index is 810. The molecule has 0 amide bonds. The molecule has 0 unspecified atom stereocenters. The number of benzene rings is 1. The van der Waals surface area contributed by atoms with E-state index >= 15 is 0 Å². The van der Waals surface area contributed by atoms with Crippen LogP contribution >= 0.6 is 0 Å². The highest BCUT2D eigenvalue weighted by molar-refractivity contribution is 5.85. The highest BCUT2D eigenvalue weighted by Gasteiger charge is 2.22. The lowest BCUT2D eigenvalue weighted by atomic mass is 9.97. The van der Waals surface area contributed by atoms with Gasteiger partial charge >= 0.3 is 0 Å². The van der Waals surface area contributed by atoms with Gasteiger partial charge in [-0.05, 0) is 55.1 Å². The van der Waals surface area contributed by atoms with Gasteiger partial charge in [0, 0.05) is 16.8 Å². The van der Waals surface area contributed by atoms with Crippen molar-refractivity contribution in [3.05, 3.63) is 64.1 Å². The van der Waals surface area contributed by atoms with E-state index < -0.39 is 0 Å². The molecule has 122 valence electrons. The van der Waals surface area contributed by atoms with E-state index in [9.17, 15) is 4.91 Å². The van der Waals surface area contributed by atoms with E-state index in [4.69, 9.17) is 4.42 Å². The van der Waals surface area contributed by atoms with Gasteiger partial charge in [-0.1, -0.05) is 29.9 Å². The molecule has 2 aromatic rings. The van der Waals surface area contributed by atoms with Crippen molar-refractivity contribution >= 4 is 11.5 Å². The molecular weight excluding hydrogens is 300 g/mol. The highest BCUT2D eigenvalue weighted by Crippen LogP contribution is 2.40. The molecule has 2 aliphatic carbocycles. The second-order valence-electron chi connectivity index (χ2n) is 5.24. The monoisotopic (exact) mass is 320 g/mol. The van der Waals surface area contributed by atoms with Crippen LogP contribution in [-0.4, -0.2) is 7.05 Å². The van der Waals surface area contributed by atoms with Gasteiger partial charge in [0.15, 0.2) is 0 Å². The Balaban J connectivity index is 0.000000487. The molecule has 2 aliphatic rings. The Morgan fingerprint density at radius 1 is 1.17 bits per heavy atom. The van der Waals surface area contributed by atoms with Gasteiger partial charge in [0.25, 0.3) is 5.88 Å². The smallest absolute Gasteiger partial charge is 0.260 e. The molecule has 1 heterocycles. The summed E-state index contributed by atoms with van der Waals surface area (Å²) in [6, 6.07) is 9.75. The van der Waals surface area contributed by atoms with E-state index in [1.165, 1.54) is 29.3 Å². The SMILES string of the molecule is C#C.CN.O=Nc1ccc(-c2ccc3c(c2)C2=C(CCC=C2)C3)o1. The zero-order chi connectivity index (χ0) is 17.5. The second-order valence-corrected chi connectivity index (χ2v) is 5.24. The summed E-state index contributed by atoms with van der Waals surface area (Å²) in [5.41, 5.74) is 11.1. The molecule has 2 N–H and O–H groups in total. The number of nitrogens with zero attached hydrogens (tertiary/aromatic N) is 1. The molecule has 0 bridgehead atoms. The predicted molar refractivity (Wildman–Crippen MR) is 98.6 cm³/mol. The maximum Gasteiger partial charge on any atom is 0.260 e. The van der Waals surface area contributed by atoms with Gasteiger partial charge < -0.3 is 10.2 Å². The van der Waals surface area contributed by atoms with Crippen LogP contribution in [0.5, 0.6) is 0 Å². The summed E-state index contributed by atoms with van der Waals surface area (Å²) >= 11 is 0.